The highest BCUT2D eigenvalue weighted by Gasteiger charge is 2.14. The lowest BCUT2D eigenvalue weighted by molar-refractivity contribution is -0.603. The van der Waals surface area contributed by atoms with Crippen LogP contribution in [-0.4, -0.2) is 19.9 Å². The van der Waals surface area contributed by atoms with Crippen molar-refractivity contribution < 1.29 is 4.57 Å². The molecule has 0 spiro atoms. The molecule has 6 heteroatoms. The Bertz CT molecular complexity index is 685. The van der Waals surface area contributed by atoms with Crippen molar-refractivity contribution in [2.45, 2.75) is 0 Å². The van der Waals surface area contributed by atoms with E-state index < -0.39 is 0 Å². The first-order chi connectivity index (χ1) is 7.84. The Morgan fingerprint density at radius 2 is 2.00 bits per heavy atom. The van der Waals surface area contributed by atoms with Crippen molar-refractivity contribution in [2.75, 3.05) is 0 Å². The van der Waals surface area contributed by atoms with E-state index in [4.69, 9.17) is 0 Å². The first-order valence-electron chi connectivity index (χ1n) is 4.75. The molecule has 0 aliphatic rings. The van der Waals surface area contributed by atoms with Gasteiger partial charge in [0.25, 0.3) is 5.65 Å². The van der Waals surface area contributed by atoms with Crippen molar-refractivity contribution in [3.05, 3.63) is 47.3 Å². The molecule has 0 aromatic carbocycles. The topological polar surface area (TPSA) is 78.3 Å². The predicted octanol–water partition coefficient (Wildman–Crippen LogP) is -0.0771. The highest BCUT2D eigenvalue weighted by atomic mass is 16.1. The number of hydrogen-bond acceptors (Lipinski definition) is 3. The average molecular weight is 214 g/mol. The molecule has 3 aromatic rings. The predicted molar refractivity (Wildman–Crippen MR) is 56.0 cm³/mol. The summed E-state index contributed by atoms with van der Waals surface area (Å²) < 4.78 is 1.72. The van der Waals surface area contributed by atoms with Crippen LogP contribution < -0.4 is 10.1 Å². The van der Waals surface area contributed by atoms with Crippen LogP contribution in [0.1, 0.15) is 0 Å². The van der Waals surface area contributed by atoms with Gasteiger partial charge in [-0.1, -0.05) is 6.07 Å². The zero-order chi connectivity index (χ0) is 11.0. The Kier molecular flexibility index (Phi) is 1.79. The Morgan fingerprint density at radius 1 is 1.19 bits per heavy atom. The van der Waals surface area contributed by atoms with Gasteiger partial charge >= 0.3 is 11.5 Å². The van der Waals surface area contributed by atoms with Crippen molar-refractivity contribution in [1.82, 2.24) is 19.9 Å². The summed E-state index contributed by atoms with van der Waals surface area (Å²) in [7, 11) is 0. The Morgan fingerprint density at radius 3 is 2.81 bits per heavy atom. The van der Waals surface area contributed by atoms with Crippen LogP contribution in [0.25, 0.3) is 17.1 Å². The molecule has 2 N–H and O–H groups in total. The van der Waals surface area contributed by atoms with Crippen molar-refractivity contribution in [3.8, 4) is 5.95 Å². The van der Waals surface area contributed by atoms with Gasteiger partial charge in [-0.2, -0.15) is 0 Å². The normalized spacial score (nSPS) is 10.8. The molecule has 0 fully saturated rings. The van der Waals surface area contributed by atoms with Gasteiger partial charge < -0.3 is 4.98 Å². The van der Waals surface area contributed by atoms with Gasteiger partial charge in [-0.25, -0.2) is 19.3 Å². The number of nitrogens with one attached hydrogen (secondary N) is 2. The molecule has 3 rings (SSSR count). The Labute approximate surface area is 89.6 Å². The van der Waals surface area contributed by atoms with Crippen LogP contribution in [0, 0.1) is 0 Å². The monoisotopic (exact) mass is 214 g/mol. The molecule has 0 bridgehead atoms. The SMILES string of the molecule is O=c1[nH]c(-[n+]2ccccc2)nc2nc[nH]c12. The number of aromatic nitrogens is 5. The van der Waals surface area contributed by atoms with Crippen LogP contribution in [-0.2, 0) is 0 Å². The number of rotatable bonds is 1. The summed E-state index contributed by atoms with van der Waals surface area (Å²) in [5.41, 5.74) is 0.573. The molecule has 0 aliphatic carbocycles. The number of aromatic amines is 2. The summed E-state index contributed by atoms with van der Waals surface area (Å²) >= 11 is 0. The summed E-state index contributed by atoms with van der Waals surface area (Å²) in [5, 5.41) is 0. The smallest absolute Gasteiger partial charge is 0.336 e. The fourth-order valence-corrected chi connectivity index (χ4v) is 1.49. The van der Waals surface area contributed by atoms with Gasteiger partial charge in [0.1, 0.15) is 0 Å². The first kappa shape index (κ1) is 8.78. The van der Waals surface area contributed by atoms with E-state index in [9.17, 15) is 4.79 Å². The minimum atomic E-state index is -0.228. The molecule has 0 atom stereocenters. The summed E-state index contributed by atoms with van der Waals surface area (Å²) in [4.78, 5) is 25.3. The summed E-state index contributed by atoms with van der Waals surface area (Å²) in [6.07, 6.45) is 5.06. The molecule has 0 saturated carbocycles. The molecule has 6 nitrogen and oxygen atoms in total. The second-order valence-electron chi connectivity index (χ2n) is 3.27. The lowest BCUT2D eigenvalue weighted by Crippen LogP contribution is -2.34. The maximum absolute atomic E-state index is 11.7. The van der Waals surface area contributed by atoms with Crippen LogP contribution in [0.3, 0.4) is 0 Å². The van der Waals surface area contributed by atoms with Gasteiger partial charge in [-0.15, -0.1) is 0 Å². The fourth-order valence-electron chi connectivity index (χ4n) is 1.49. The standard InChI is InChI=1S/C10H7N5O/c16-9-7-8(12-6-11-7)13-10(14-9)15-4-2-1-3-5-15/h1-6H,(H-,11,12,13,14,16)/p+1. The van der Waals surface area contributed by atoms with Gasteiger partial charge in [0, 0.05) is 0 Å². The third kappa shape index (κ3) is 1.28. The van der Waals surface area contributed by atoms with Crippen LogP contribution in [0.4, 0.5) is 0 Å². The van der Waals surface area contributed by atoms with Gasteiger partial charge in [-0.05, 0) is 17.1 Å². The molecule has 0 saturated heterocycles. The average Bonchev–Trinajstić information content (AvgIpc) is 2.79. The number of pyridine rings is 1. The van der Waals surface area contributed by atoms with Gasteiger partial charge in [0.05, 0.1) is 18.7 Å². The fraction of sp³-hybridized carbons (Fsp3) is 0. The third-order valence-corrected chi connectivity index (χ3v) is 2.24. The molecule has 3 aromatic heterocycles. The van der Waals surface area contributed by atoms with E-state index in [-0.39, 0.29) is 5.56 Å². The van der Waals surface area contributed by atoms with E-state index >= 15 is 0 Å². The van der Waals surface area contributed by atoms with Crippen molar-refractivity contribution >= 4 is 11.2 Å². The number of nitrogens with zero attached hydrogens (tertiary/aromatic N) is 3. The molecule has 0 aliphatic heterocycles. The largest absolute Gasteiger partial charge is 0.405 e. The summed E-state index contributed by atoms with van der Waals surface area (Å²) in [6.45, 7) is 0. The third-order valence-electron chi connectivity index (χ3n) is 2.24. The number of H-pyrrole nitrogens is 2. The zero-order valence-corrected chi connectivity index (χ0v) is 8.21. The summed E-state index contributed by atoms with van der Waals surface area (Å²) in [6, 6.07) is 5.60. The van der Waals surface area contributed by atoms with Crippen LogP contribution >= 0.6 is 0 Å². The Balaban J connectivity index is 2.30. The Hall–Kier alpha value is -2.50. The van der Waals surface area contributed by atoms with Gasteiger partial charge in [0.15, 0.2) is 5.52 Å². The number of hydrogen-bond donors (Lipinski definition) is 2. The second-order valence-corrected chi connectivity index (χ2v) is 3.27. The molecule has 16 heavy (non-hydrogen) atoms. The van der Waals surface area contributed by atoms with E-state index in [2.05, 4.69) is 19.9 Å². The van der Waals surface area contributed by atoms with Crippen molar-refractivity contribution in [3.63, 3.8) is 0 Å². The van der Waals surface area contributed by atoms with E-state index in [1.54, 1.807) is 17.0 Å². The molecule has 0 unspecified atom stereocenters. The molecular weight excluding hydrogens is 206 g/mol. The summed E-state index contributed by atoms with van der Waals surface area (Å²) in [5.74, 6) is 0.449. The van der Waals surface area contributed by atoms with E-state index in [1.165, 1.54) is 6.33 Å². The lowest BCUT2D eigenvalue weighted by atomic mass is 10.5. The molecule has 0 radical (unpaired) electrons. The van der Waals surface area contributed by atoms with Gasteiger partial charge in [-0.3, -0.25) is 0 Å². The number of imidazole rings is 1. The minimum absolute atomic E-state index is 0.228. The number of fused-ring (bicyclic) bond motifs is 1. The lowest BCUT2D eigenvalue weighted by Gasteiger charge is -1.94. The van der Waals surface area contributed by atoms with Crippen molar-refractivity contribution in [2.24, 2.45) is 0 Å². The maximum atomic E-state index is 11.7. The van der Waals surface area contributed by atoms with Crippen LogP contribution in [0.5, 0.6) is 0 Å². The second kappa shape index (κ2) is 3.27. The van der Waals surface area contributed by atoms with Crippen LogP contribution in [0.2, 0.25) is 0 Å². The van der Waals surface area contributed by atoms with E-state index in [0.717, 1.165) is 0 Å². The van der Waals surface area contributed by atoms with Crippen LogP contribution in [0.15, 0.2) is 41.7 Å². The minimum Gasteiger partial charge on any atom is -0.336 e. The zero-order valence-electron chi connectivity index (χ0n) is 8.21. The van der Waals surface area contributed by atoms with E-state index in [1.807, 2.05) is 18.2 Å². The first-order valence-corrected chi connectivity index (χ1v) is 4.75. The quantitative estimate of drug-likeness (QED) is 0.556. The van der Waals surface area contributed by atoms with E-state index in [0.29, 0.717) is 17.1 Å². The highest BCUT2D eigenvalue weighted by molar-refractivity contribution is 5.68. The van der Waals surface area contributed by atoms with Gasteiger partial charge in [0.2, 0.25) is 0 Å². The molecule has 78 valence electrons. The molecule has 0 amide bonds. The maximum Gasteiger partial charge on any atom is 0.405 e. The van der Waals surface area contributed by atoms with Crippen molar-refractivity contribution in [1.29, 1.82) is 0 Å². The molecular formula is C10H8N5O+. The molecule has 3 heterocycles. The highest BCUT2D eigenvalue weighted by Crippen LogP contribution is 1.98.